The summed E-state index contributed by atoms with van der Waals surface area (Å²) in [5.41, 5.74) is 0. The van der Waals surface area contributed by atoms with E-state index in [-0.39, 0.29) is 5.92 Å². The predicted octanol–water partition coefficient (Wildman–Crippen LogP) is 0.927. The van der Waals surface area contributed by atoms with Gasteiger partial charge in [-0.1, -0.05) is 0 Å². The number of likely N-dealkylation sites (tertiary alicyclic amines) is 1. The van der Waals surface area contributed by atoms with Crippen molar-refractivity contribution in [3.05, 3.63) is 0 Å². The Balaban J connectivity index is 1.87. The Hall–Kier alpha value is -0.610. The van der Waals surface area contributed by atoms with E-state index in [9.17, 15) is 4.79 Å². The van der Waals surface area contributed by atoms with Gasteiger partial charge in [0.15, 0.2) is 0 Å². The van der Waals surface area contributed by atoms with Crippen molar-refractivity contribution in [1.82, 2.24) is 15.1 Å². The molecule has 3 unspecified atom stereocenters. The van der Waals surface area contributed by atoms with E-state index in [1.54, 1.807) is 0 Å². The molecule has 0 radical (unpaired) electrons. The average molecular weight is 253 g/mol. The predicted molar refractivity (Wildman–Crippen MR) is 73.5 cm³/mol. The van der Waals surface area contributed by atoms with E-state index < -0.39 is 0 Å². The van der Waals surface area contributed by atoms with E-state index in [2.05, 4.69) is 24.2 Å². The number of amides is 1. The molecule has 2 aliphatic rings. The molecule has 0 spiro atoms. The van der Waals surface area contributed by atoms with Gasteiger partial charge in [-0.15, -0.1) is 0 Å². The summed E-state index contributed by atoms with van der Waals surface area (Å²) in [7, 11) is 4.14. The summed E-state index contributed by atoms with van der Waals surface area (Å²) < 4.78 is 0. The molecule has 18 heavy (non-hydrogen) atoms. The molecular weight excluding hydrogens is 226 g/mol. The lowest BCUT2D eigenvalue weighted by molar-refractivity contribution is -0.138. The Morgan fingerprint density at radius 2 is 2.11 bits per heavy atom. The zero-order chi connectivity index (χ0) is 13.1. The zero-order valence-electron chi connectivity index (χ0n) is 12.0. The van der Waals surface area contributed by atoms with E-state index in [0.717, 1.165) is 32.4 Å². The number of nitrogens with one attached hydrogen (secondary N) is 1. The standard InChI is InChI=1S/C14H27N3O/c1-11-6-7-12(9-15-11)14(18)17(3)13-5-4-8-16(2)10-13/h11-13,15H,4-10H2,1-3H3. The van der Waals surface area contributed by atoms with Crippen LogP contribution in [0.4, 0.5) is 0 Å². The molecule has 0 aromatic carbocycles. The van der Waals surface area contributed by atoms with Crippen LogP contribution in [0, 0.1) is 5.92 Å². The number of piperidine rings is 2. The third-order valence-electron chi connectivity index (χ3n) is 4.51. The van der Waals surface area contributed by atoms with Gasteiger partial charge in [0.2, 0.25) is 5.91 Å². The van der Waals surface area contributed by atoms with Crippen LogP contribution >= 0.6 is 0 Å². The largest absolute Gasteiger partial charge is 0.341 e. The summed E-state index contributed by atoms with van der Waals surface area (Å²) in [5, 5.41) is 3.42. The monoisotopic (exact) mass is 253 g/mol. The highest BCUT2D eigenvalue weighted by Crippen LogP contribution is 2.20. The van der Waals surface area contributed by atoms with Crippen LogP contribution in [0.3, 0.4) is 0 Å². The number of rotatable bonds is 2. The molecule has 0 saturated carbocycles. The highest BCUT2D eigenvalue weighted by molar-refractivity contribution is 5.79. The van der Waals surface area contributed by atoms with E-state index in [1.165, 1.54) is 13.0 Å². The highest BCUT2D eigenvalue weighted by atomic mass is 16.2. The van der Waals surface area contributed by atoms with Crippen molar-refractivity contribution in [1.29, 1.82) is 0 Å². The first kappa shape index (κ1) is 13.8. The minimum absolute atomic E-state index is 0.193. The number of carbonyl (C=O) groups excluding carboxylic acids is 1. The minimum atomic E-state index is 0.193. The smallest absolute Gasteiger partial charge is 0.227 e. The van der Waals surface area contributed by atoms with Crippen molar-refractivity contribution in [2.45, 2.75) is 44.7 Å². The molecule has 4 nitrogen and oxygen atoms in total. The van der Waals surface area contributed by atoms with Crippen molar-refractivity contribution >= 4 is 5.91 Å². The fourth-order valence-electron chi connectivity index (χ4n) is 3.13. The topological polar surface area (TPSA) is 35.6 Å². The molecule has 2 saturated heterocycles. The van der Waals surface area contributed by atoms with Crippen LogP contribution in [0.15, 0.2) is 0 Å². The third kappa shape index (κ3) is 3.23. The van der Waals surface area contributed by atoms with E-state index in [4.69, 9.17) is 0 Å². The molecule has 1 amide bonds. The fraction of sp³-hybridized carbons (Fsp3) is 0.929. The number of hydrogen-bond acceptors (Lipinski definition) is 3. The van der Waals surface area contributed by atoms with Crippen LogP contribution in [0.25, 0.3) is 0 Å². The summed E-state index contributed by atoms with van der Waals surface area (Å²) in [6.45, 7) is 5.24. The first-order chi connectivity index (χ1) is 8.58. The van der Waals surface area contributed by atoms with Gasteiger partial charge < -0.3 is 15.1 Å². The van der Waals surface area contributed by atoms with Gasteiger partial charge in [-0.2, -0.15) is 0 Å². The van der Waals surface area contributed by atoms with Gasteiger partial charge >= 0.3 is 0 Å². The Labute approximate surface area is 111 Å². The molecule has 0 bridgehead atoms. The number of carbonyl (C=O) groups is 1. The first-order valence-electron chi connectivity index (χ1n) is 7.26. The van der Waals surface area contributed by atoms with Crippen molar-refractivity contribution in [3.63, 3.8) is 0 Å². The molecule has 0 aromatic rings. The average Bonchev–Trinajstić information content (AvgIpc) is 2.38. The minimum Gasteiger partial charge on any atom is -0.341 e. The molecule has 104 valence electrons. The van der Waals surface area contributed by atoms with Crippen molar-refractivity contribution < 1.29 is 4.79 Å². The maximum absolute atomic E-state index is 12.5. The summed E-state index contributed by atoms with van der Waals surface area (Å²) in [6.07, 6.45) is 4.52. The summed E-state index contributed by atoms with van der Waals surface area (Å²) in [6, 6.07) is 0.982. The molecule has 0 aromatic heterocycles. The second kappa shape index (κ2) is 6.02. The molecule has 0 aliphatic carbocycles. The maximum atomic E-state index is 12.5. The lowest BCUT2D eigenvalue weighted by Gasteiger charge is -2.38. The number of likely N-dealkylation sites (N-methyl/N-ethyl adjacent to an activating group) is 2. The Kier molecular flexibility index (Phi) is 4.62. The van der Waals surface area contributed by atoms with Crippen LogP contribution in [-0.2, 0) is 4.79 Å². The van der Waals surface area contributed by atoms with Gasteiger partial charge in [-0.05, 0) is 46.2 Å². The van der Waals surface area contributed by atoms with Crippen molar-refractivity contribution in [2.24, 2.45) is 5.92 Å². The summed E-state index contributed by atoms with van der Waals surface area (Å²) in [5.74, 6) is 0.535. The van der Waals surface area contributed by atoms with Gasteiger partial charge in [0.1, 0.15) is 0 Å². The van der Waals surface area contributed by atoms with Crippen LogP contribution in [0.2, 0.25) is 0 Å². The summed E-state index contributed by atoms with van der Waals surface area (Å²) >= 11 is 0. The van der Waals surface area contributed by atoms with Crippen LogP contribution in [-0.4, -0.2) is 61.5 Å². The van der Waals surface area contributed by atoms with Crippen LogP contribution in [0.5, 0.6) is 0 Å². The molecule has 2 heterocycles. The van der Waals surface area contributed by atoms with Gasteiger partial charge in [0.05, 0.1) is 5.92 Å². The molecule has 1 N–H and O–H groups in total. The quantitative estimate of drug-likeness (QED) is 0.795. The molecule has 3 atom stereocenters. The summed E-state index contributed by atoms with van der Waals surface area (Å²) in [4.78, 5) is 16.8. The number of hydrogen-bond donors (Lipinski definition) is 1. The molecular formula is C14H27N3O. The lowest BCUT2D eigenvalue weighted by atomic mass is 9.93. The molecule has 2 fully saturated rings. The molecule has 2 rings (SSSR count). The second-order valence-corrected chi connectivity index (χ2v) is 6.09. The zero-order valence-corrected chi connectivity index (χ0v) is 12.0. The Bertz CT molecular complexity index is 287. The first-order valence-corrected chi connectivity index (χ1v) is 7.26. The van der Waals surface area contributed by atoms with Gasteiger partial charge in [0, 0.05) is 32.2 Å². The highest BCUT2D eigenvalue weighted by Gasteiger charge is 2.30. The molecule has 2 aliphatic heterocycles. The van der Waals surface area contributed by atoms with E-state index in [1.807, 2.05) is 11.9 Å². The van der Waals surface area contributed by atoms with Crippen LogP contribution < -0.4 is 5.32 Å². The molecule has 4 heteroatoms. The SMILES string of the molecule is CC1CCC(C(=O)N(C)C2CCCN(C)C2)CN1. The fourth-order valence-corrected chi connectivity index (χ4v) is 3.13. The van der Waals surface area contributed by atoms with E-state index >= 15 is 0 Å². The van der Waals surface area contributed by atoms with Gasteiger partial charge in [-0.3, -0.25) is 4.79 Å². The Morgan fingerprint density at radius 1 is 1.33 bits per heavy atom. The third-order valence-corrected chi connectivity index (χ3v) is 4.51. The number of nitrogens with zero attached hydrogens (tertiary/aromatic N) is 2. The Morgan fingerprint density at radius 3 is 2.72 bits per heavy atom. The van der Waals surface area contributed by atoms with Crippen LogP contribution in [0.1, 0.15) is 32.6 Å². The lowest BCUT2D eigenvalue weighted by Crippen LogP contribution is -2.51. The van der Waals surface area contributed by atoms with Gasteiger partial charge in [-0.25, -0.2) is 0 Å². The van der Waals surface area contributed by atoms with E-state index in [0.29, 0.717) is 18.0 Å². The maximum Gasteiger partial charge on any atom is 0.227 e. The van der Waals surface area contributed by atoms with Crippen molar-refractivity contribution in [3.8, 4) is 0 Å². The van der Waals surface area contributed by atoms with Gasteiger partial charge in [0.25, 0.3) is 0 Å². The second-order valence-electron chi connectivity index (χ2n) is 6.09. The normalized spacial score (nSPS) is 34.3. The van der Waals surface area contributed by atoms with Crippen molar-refractivity contribution in [2.75, 3.05) is 33.7 Å².